The highest BCUT2D eigenvalue weighted by Crippen LogP contribution is 2.17. The highest BCUT2D eigenvalue weighted by molar-refractivity contribution is 7.89. The van der Waals surface area contributed by atoms with Crippen LogP contribution in [0.4, 0.5) is 0 Å². The molecular formula is C13H18ClNO4S. The Kier molecular flexibility index (Phi) is 5.98. The molecule has 1 aromatic carbocycles. The molecule has 0 aliphatic rings. The molecule has 0 radical (unpaired) electrons. The lowest BCUT2D eigenvalue weighted by Crippen LogP contribution is -2.38. The number of aliphatic carboxylic acids is 1. The van der Waals surface area contributed by atoms with Crippen molar-refractivity contribution < 1.29 is 18.3 Å². The van der Waals surface area contributed by atoms with Crippen molar-refractivity contribution in [2.45, 2.75) is 32.9 Å². The van der Waals surface area contributed by atoms with Gasteiger partial charge >= 0.3 is 5.97 Å². The number of carboxylic acid groups (broad SMARTS) is 1. The third-order valence-corrected chi connectivity index (χ3v) is 4.96. The molecule has 0 atom stereocenters. The zero-order chi connectivity index (χ0) is 15.3. The van der Waals surface area contributed by atoms with E-state index in [0.717, 1.165) is 5.56 Å². The zero-order valence-corrected chi connectivity index (χ0v) is 13.0. The number of carboxylic acids is 1. The number of hydrogen-bond donors (Lipinski definition) is 1. The fourth-order valence-corrected chi connectivity index (χ4v) is 3.62. The Morgan fingerprint density at radius 3 is 2.55 bits per heavy atom. The maximum Gasteiger partial charge on any atom is 0.304 e. The van der Waals surface area contributed by atoms with Gasteiger partial charge in [-0.15, -0.1) is 0 Å². The summed E-state index contributed by atoms with van der Waals surface area (Å²) in [4.78, 5) is 10.5. The molecule has 0 heterocycles. The van der Waals surface area contributed by atoms with E-state index in [9.17, 15) is 13.2 Å². The van der Waals surface area contributed by atoms with Crippen LogP contribution >= 0.6 is 11.6 Å². The van der Waals surface area contributed by atoms with Gasteiger partial charge in [0.25, 0.3) is 0 Å². The molecular weight excluding hydrogens is 302 g/mol. The van der Waals surface area contributed by atoms with E-state index in [4.69, 9.17) is 16.7 Å². The summed E-state index contributed by atoms with van der Waals surface area (Å²) in [6.45, 7) is 3.69. The van der Waals surface area contributed by atoms with Crippen molar-refractivity contribution in [3.05, 3.63) is 34.9 Å². The van der Waals surface area contributed by atoms with Gasteiger partial charge in [0.15, 0.2) is 0 Å². The number of sulfonamides is 1. The average molecular weight is 320 g/mol. The molecule has 1 N–H and O–H groups in total. The smallest absolute Gasteiger partial charge is 0.304 e. The second kappa shape index (κ2) is 7.06. The van der Waals surface area contributed by atoms with E-state index >= 15 is 0 Å². The number of rotatable bonds is 7. The SMILES string of the molecule is CC(C)N(Cc1cccc(Cl)c1)S(=O)(=O)CCC(=O)O. The minimum absolute atomic E-state index is 0.181. The summed E-state index contributed by atoms with van der Waals surface area (Å²) in [6, 6.07) is 6.69. The second-order valence-corrected chi connectivity index (χ2v) is 7.21. The van der Waals surface area contributed by atoms with Gasteiger partial charge < -0.3 is 5.11 Å². The van der Waals surface area contributed by atoms with E-state index in [2.05, 4.69) is 0 Å². The average Bonchev–Trinajstić information content (AvgIpc) is 2.33. The third-order valence-electron chi connectivity index (χ3n) is 2.73. The lowest BCUT2D eigenvalue weighted by Gasteiger charge is -2.25. The van der Waals surface area contributed by atoms with E-state index in [-0.39, 0.29) is 12.6 Å². The van der Waals surface area contributed by atoms with E-state index < -0.39 is 28.2 Å². The summed E-state index contributed by atoms with van der Waals surface area (Å²) in [5, 5.41) is 9.16. The van der Waals surface area contributed by atoms with Gasteiger partial charge in [-0.1, -0.05) is 23.7 Å². The predicted molar refractivity (Wildman–Crippen MR) is 78.2 cm³/mol. The van der Waals surface area contributed by atoms with Gasteiger partial charge in [0.05, 0.1) is 12.2 Å². The first-order valence-corrected chi connectivity index (χ1v) is 8.17. The first-order chi connectivity index (χ1) is 9.22. The molecule has 1 rings (SSSR count). The van der Waals surface area contributed by atoms with Crippen LogP contribution in [0.15, 0.2) is 24.3 Å². The van der Waals surface area contributed by atoms with Crippen molar-refractivity contribution in [3.8, 4) is 0 Å². The molecule has 0 unspecified atom stereocenters. The lowest BCUT2D eigenvalue weighted by molar-refractivity contribution is -0.136. The minimum atomic E-state index is -3.62. The standard InChI is InChI=1S/C13H18ClNO4S/c1-10(2)15(20(18,19)7-6-13(16)17)9-11-4-3-5-12(14)8-11/h3-5,8,10H,6-7,9H2,1-2H3,(H,16,17). The van der Waals surface area contributed by atoms with E-state index in [1.807, 2.05) is 0 Å². The summed E-state index contributed by atoms with van der Waals surface area (Å²) < 4.78 is 25.7. The van der Waals surface area contributed by atoms with Crippen LogP contribution in [0.3, 0.4) is 0 Å². The van der Waals surface area contributed by atoms with Crippen LogP contribution in [0, 0.1) is 0 Å². The van der Waals surface area contributed by atoms with Gasteiger partial charge in [-0.3, -0.25) is 4.79 Å². The van der Waals surface area contributed by atoms with Crippen molar-refractivity contribution in [2.75, 3.05) is 5.75 Å². The van der Waals surface area contributed by atoms with Crippen molar-refractivity contribution in [3.63, 3.8) is 0 Å². The van der Waals surface area contributed by atoms with Crippen LogP contribution in [-0.2, 0) is 21.4 Å². The molecule has 0 saturated heterocycles. The van der Waals surface area contributed by atoms with Crippen LogP contribution in [-0.4, -0.2) is 35.6 Å². The van der Waals surface area contributed by atoms with Gasteiger partial charge in [0.2, 0.25) is 10.0 Å². The van der Waals surface area contributed by atoms with Crippen LogP contribution in [0.25, 0.3) is 0 Å². The Labute approximate surface area is 124 Å². The van der Waals surface area contributed by atoms with Gasteiger partial charge in [0, 0.05) is 17.6 Å². The van der Waals surface area contributed by atoms with Crippen LogP contribution in [0.2, 0.25) is 5.02 Å². The summed E-state index contributed by atoms with van der Waals surface area (Å²) in [5.74, 6) is -1.53. The highest BCUT2D eigenvalue weighted by atomic mass is 35.5. The fourth-order valence-electron chi connectivity index (χ4n) is 1.75. The third kappa shape index (κ3) is 5.11. The number of carbonyl (C=O) groups is 1. The molecule has 5 nitrogen and oxygen atoms in total. The second-order valence-electron chi connectivity index (χ2n) is 4.73. The van der Waals surface area contributed by atoms with Crippen molar-refractivity contribution in [2.24, 2.45) is 0 Å². The molecule has 0 bridgehead atoms. The quantitative estimate of drug-likeness (QED) is 0.837. The van der Waals surface area contributed by atoms with Crippen molar-refractivity contribution >= 4 is 27.6 Å². The lowest BCUT2D eigenvalue weighted by atomic mass is 10.2. The van der Waals surface area contributed by atoms with Gasteiger partial charge in [-0.05, 0) is 31.5 Å². The predicted octanol–water partition coefficient (Wildman–Crippen LogP) is 2.35. The highest BCUT2D eigenvalue weighted by Gasteiger charge is 2.25. The van der Waals surface area contributed by atoms with E-state index in [0.29, 0.717) is 5.02 Å². The normalized spacial score (nSPS) is 12.1. The fraction of sp³-hybridized carbons (Fsp3) is 0.462. The summed E-state index contributed by atoms with van der Waals surface area (Å²) in [6.07, 6.45) is -0.402. The molecule has 0 saturated carbocycles. The Morgan fingerprint density at radius 1 is 1.40 bits per heavy atom. The van der Waals surface area contributed by atoms with Gasteiger partial charge in [-0.25, -0.2) is 8.42 Å². The Morgan fingerprint density at radius 2 is 2.05 bits per heavy atom. The van der Waals surface area contributed by atoms with Gasteiger partial charge in [-0.2, -0.15) is 4.31 Å². The molecule has 0 aromatic heterocycles. The van der Waals surface area contributed by atoms with Crippen molar-refractivity contribution in [1.29, 1.82) is 0 Å². The van der Waals surface area contributed by atoms with Crippen LogP contribution in [0.5, 0.6) is 0 Å². The number of hydrogen-bond acceptors (Lipinski definition) is 3. The molecule has 0 aliphatic carbocycles. The van der Waals surface area contributed by atoms with Gasteiger partial charge in [0.1, 0.15) is 0 Å². The molecule has 1 aromatic rings. The molecule has 0 spiro atoms. The summed E-state index contributed by atoms with van der Waals surface area (Å²) in [7, 11) is -3.62. The minimum Gasteiger partial charge on any atom is -0.481 e. The van der Waals surface area contributed by atoms with Crippen molar-refractivity contribution in [1.82, 2.24) is 4.31 Å². The molecule has 7 heteroatoms. The number of halogens is 1. The van der Waals surface area contributed by atoms with Crippen LogP contribution < -0.4 is 0 Å². The molecule has 0 fully saturated rings. The number of nitrogens with zero attached hydrogens (tertiary/aromatic N) is 1. The Bertz CT molecular complexity index is 571. The maximum atomic E-state index is 12.2. The first kappa shape index (κ1) is 16.9. The molecule has 112 valence electrons. The maximum absolute atomic E-state index is 12.2. The summed E-state index contributed by atoms with van der Waals surface area (Å²) >= 11 is 5.88. The number of benzene rings is 1. The Hall–Kier alpha value is -1.11. The van der Waals surface area contributed by atoms with E-state index in [1.165, 1.54) is 4.31 Å². The Balaban J connectivity index is 2.91. The van der Waals surface area contributed by atoms with Crippen LogP contribution in [0.1, 0.15) is 25.8 Å². The largest absolute Gasteiger partial charge is 0.481 e. The zero-order valence-electron chi connectivity index (χ0n) is 11.4. The molecule has 20 heavy (non-hydrogen) atoms. The van der Waals surface area contributed by atoms with E-state index in [1.54, 1.807) is 38.1 Å². The molecule has 0 aliphatic heterocycles. The topological polar surface area (TPSA) is 74.7 Å². The monoisotopic (exact) mass is 319 g/mol. The first-order valence-electron chi connectivity index (χ1n) is 6.18. The molecule has 0 amide bonds. The summed E-state index contributed by atoms with van der Waals surface area (Å²) in [5.41, 5.74) is 0.769.